The van der Waals surface area contributed by atoms with Crippen LogP contribution in [0.1, 0.15) is 50.6 Å². The first-order valence-corrected chi connectivity index (χ1v) is 9.75. The van der Waals surface area contributed by atoms with Crippen LogP contribution in [-0.4, -0.2) is 60.9 Å². The fourth-order valence-corrected chi connectivity index (χ4v) is 4.54. The lowest BCUT2D eigenvalue weighted by Gasteiger charge is -2.38. The molecule has 2 aliphatic heterocycles. The number of hydrogen-bond acceptors (Lipinski definition) is 4. The molecule has 2 fully saturated rings. The molecule has 6 heteroatoms. The summed E-state index contributed by atoms with van der Waals surface area (Å²) in [6, 6.07) is 8.26. The Labute approximate surface area is 161 Å². The van der Waals surface area contributed by atoms with E-state index in [-0.39, 0.29) is 29.4 Å². The number of methoxy groups -OCH3 is 1. The molecule has 3 atom stereocenters. The summed E-state index contributed by atoms with van der Waals surface area (Å²) in [5.41, 5.74) is 0.792. The van der Waals surface area contributed by atoms with Gasteiger partial charge in [0.1, 0.15) is 5.75 Å². The molecule has 1 N–H and O–H groups in total. The van der Waals surface area contributed by atoms with Crippen LogP contribution < -0.4 is 10.1 Å². The van der Waals surface area contributed by atoms with Gasteiger partial charge in [0.05, 0.1) is 19.2 Å². The molecule has 2 heterocycles. The van der Waals surface area contributed by atoms with Crippen molar-refractivity contribution >= 4 is 11.8 Å². The third kappa shape index (κ3) is 4.10. The van der Waals surface area contributed by atoms with Crippen molar-refractivity contribution in [1.82, 2.24) is 15.1 Å². The van der Waals surface area contributed by atoms with Crippen LogP contribution in [0, 0.1) is 0 Å². The molecule has 0 radical (unpaired) electrons. The lowest BCUT2D eigenvalue weighted by Crippen LogP contribution is -2.56. The Balaban J connectivity index is 1.98. The van der Waals surface area contributed by atoms with E-state index in [0.29, 0.717) is 13.0 Å². The molecule has 1 aromatic carbocycles. The summed E-state index contributed by atoms with van der Waals surface area (Å²) in [5.74, 6) is 1.01. The second-order valence-corrected chi connectivity index (χ2v) is 8.18. The van der Waals surface area contributed by atoms with Crippen LogP contribution >= 0.6 is 0 Å². The highest BCUT2D eigenvalue weighted by Gasteiger charge is 2.51. The van der Waals surface area contributed by atoms with Crippen molar-refractivity contribution < 1.29 is 14.3 Å². The number of nitrogens with zero attached hydrogens (tertiary/aromatic N) is 2. The molecule has 0 aliphatic carbocycles. The first-order valence-electron chi connectivity index (χ1n) is 9.75. The summed E-state index contributed by atoms with van der Waals surface area (Å²) in [6.07, 6.45) is 4.26. The summed E-state index contributed by atoms with van der Waals surface area (Å²) >= 11 is 0. The maximum Gasteiger partial charge on any atom is 0.236 e. The molecule has 0 spiro atoms. The zero-order valence-corrected chi connectivity index (χ0v) is 16.8. The highest BCUT2D eigenvalue weighted by Crippen LogP contribution is 2.45. The predicted molar refractivity (Wildman–Crippen MR) is 105 cm³/mol. The number of likely N-dealkylation sites (tertiary alicyclic amines) is 1. The number of fused-ring (bicyclic) bond motifs is 1. The van der Waals surface area contributed by atoms with Crippen molar-refractivity contribution in [3.05, 3.63) is 29.8 Å². The van der Waals surface area contributed by atoms with Gasteiger partial charge in [-0.25, -0.2) is 0 Å². The molecule has 6 nitrogen and oxygen atoms in total. The average Bonchev–Trinajstić information content (AvgIpc) is 2.88. The van der Waals surface area contributed by atoms with E-state index in [9.17, 15) is 9.59 Å². The largest absolute Gasteiger partial charge is 0.497 e. The van der Waals surface area contributed by atoms with Crippen LogP contribution in [0.4, 0.5) is 0 Å². The monoisotopic (exact) mass is 373 g/mol. The van der Waals surface area contributed by atoms with Gasteiger partial charge in [-0.05, 0) is 43.9 Å². The van der Waals surface area contributed by atoms with Gasteiger partial charge in [0, 0.05) is 32.6 Å². The van der Waals surface area contributed by atoms with E-state index >= 15 is 0 Å². The summed E-state index contributed by atoms with van der Waals surface area (Å²) in [4.78, 5) is 28.8. The van der Waals surface area contributed by atoms with Crippen molar-refractivity contribution in [2.45, 2.75) is 56.7 Å². The molecule has 0 saturated carbocycles. The number of ether oxygens (including phenoxy) is 1. The minimum absolute atomic E-state index is 0.0670. The Bertz CT molecular complexity index is 706. The van der Waals surface area contributed by atoms with E-state index in [1.807, 2.05) is 18.2 Å². The number of nitrogens with one attached hydrogen (secondary N) is 1. The third-order valence-corrected chi connectivity index (χ3v) is 6.01. The van der Waals surface area contributed by atoms with Crippen LogP contribution in [0.5, 0.6) is 5.75 Å². The van der Waals surface area contributed by atoms with Crippen molar-refractivity contribution in [2.24, 2.45) is 0 Å². The van der Waals surface area contributed by atoms with Crippen molar-refractivity contribution in [2.75, 3.05) is 27.7 Å². The Hall–Kier alpha value is -2.08. The minimum Gasteiger partial charge on any atom is -0.497 e. The van der Waals surface area contributed by atoms with Gasteiger partial charge in [-0.3, -0.25) is 14.5 Å². The zero-order valence-electron chi connectivity index (χ0n) is 16.8. The maximum absolute atomic E-state index is 12.6. The van der Waals surface area contributed by atoms with Gasteiger partial charge in [0.25, 0.3) is 0 Å². The summed E-state index contributed by atoms with van der Waals surface area (Å²) in [6.45, 7) is 2.49. The summed E-state index contributed by atoms with van der Waals surface area (Å²) < 4.78 is 5.41. The van der Waals surface area contributed by atoms with Gasteiger partial charge in [0.15, 0.2) is 0 Å². The fraction of sp³-hybridized carbons (Fsp3) is 0.619. The van der Waals surface area contributed by atoms with Crippen molar-refractivity contribution in [1.29, 1.82) is 0 Å². The molecule has 1 aromatic rings. The Morgan fingerprint density at radius 3 is 2.85 bits per heavy atom. The molecule has 0 bridgehead atoms. The Morgan fingerprint density at radius 1 is 1.37 bits per heavy atom. The third-order valence-electron chi connectivity index (χ3n) is 6.01. The molecule has 0 unspecified atom stereocenters. The van der Waals surface area contributed by atoms with Crippen LogP contribution in [0.25, 0.3) is 0 Å². The first kappa shape index (κ1) is 19.7. The maximum atomic E-state index is 12.6. The van der Waals surface area contributed by atoms with E-state index in [0.717, 1.165) is 37.0 Å². The average molecular weight is 373 g/mol. The van der Waals surface area contributed by atoms with E-state index < -0.39 is 0 Å². The Morgan fingerprint density at radius 2 is 2.15 bits per heavy atom. The normalized spacial score (nSPS) is 28.7. The van der Waals surface area contributed by atoms with E-state index in [1.165, 1.54) is 0 Å². The summed E-state index contributed by atoms with van der Waals surface area (Å²) in [7, 11) is 5.24. The second kappa shape index (κ2) is 7.89. The lowest BCUT2D eigenvalue weighted by molar-refractivity contribution is -0.130. The minimum atomic E-state index is -0.335. The second-order valence-electron chi connectivity index (χ2n) is 8.18. The smallest absolute Gasteiger partial charge is 0.236 e. The number of benzene rings is 1. The van der Waals surface area contributed by atoms with Gasteiger partial charge in [-0.1, -0.05) is 18.6 Å². The molecule has 3 rings (SSSR count). The number of hydrogen-bond donors (Lipinski definition) is 1. The highest BCUT2D eigenvalue weighted by atomic mass is 16.5. The zero-order chi connectivity index (χ0) is 19.6. The van der Waals surface area contributed by atoms with E-state index in [1.54, 1.807) is 26.1 Å². The van der Waals surface area contributed by atoms with Gasteiger partial charge >= 0.3 is 0 Å². The summed E-state index contributed by atoms with van der Waals surface area (Å²) in [5, 5.41) is 3.28. The quantitative estimate of drug-likeness (QED) is 0.880. The van der Waals surface area contributed by atoms with Gasteiger partial charge in [-0.2, -0.15) is 0 Å². The molecule has 2 aliphatic rings. The number of carbonyl (C=O) groups is 2. The lowest BCUT2D eigenvalue weighted by atomic mass is 9.85. The molecule has 2 amide bonds. The van der Waals surface area contributed by atoms with Crippen LogP contribution in [0.15, 0.2) is 24.3 Å². The molecular weight excluding hydrogens is 342 g/mol. The standard InChI is InChI=1S/C21H31N3O3/c1-21-13-17(15-8-7-9-16(12-15)27-4)24(14-20(26)23(2)3)18(21)10-5-6-11-19(25)22-21/h7-9,12,17-18H,5-6,10-11,13-14H2,1-4H3,(H,22,25)/t17-,18-,21-/m0/s1. The van der Waals surface area contributed by atoms with Crippen LogP contribution in [-0.2, 0) is 9.59 Å². The SMILES string of the molecule is COc1cccc([C@@H]2C[C@]3(C)NC(=O)CCCC[C@@H]3N2CC(=O)N(C)C)c1. The first-order chi connectivity index (χ1) is 12.8. The van der Waals surface area contributed by atoms with E-state index in [4.69, 9.17) is 4.74 Å². The fourth-order valence-electron chi connectivity index (χ4n) is 4.54. The van der Waals surface area contributed by atoms with Crippen LogP contribution in [0.2, 0.25) is 0 Å². The van der Waals surface area contributed by atoms with Gasteiger partial charge in [-0.15, -0.1) is 0 Å². The highest BCUT2D eigenvalue weighted by molar-refractivity contribution is 5.78. The van der Waals surface area contributed by atoms with Crippen molar-refractivity contribution in [3.8, 4) is 5.75 Å². The van der Waals surface area contributed by atoms with Gasteiger partial charge in [0.2, 0.25) is 11.8 Å². The topological polar surface area (TPSA) is 61.9 Å². The number of likely N-dealkylation sites (N-methyl/N-ethyl adjacent to an activating group) is 1. The molecule has 27 heavy (non-hydrogen) atoms. The van der Waals surface area contributed by atoms with Gasteiger partial charge < -0.3 is 15.0 Å². The van der Waals surface area contributed by atoms with E-state index in [2.05, 4.69) is 23.2 Å². The molecule has 2 saturated heterocycles. The molecule has 0 aromatic heterocycles. The van der Waals surface area contributed by atoms with Crippen LogP contribution in [0.3, 0.4) is 0 Å². The molecule has 148 valence electrons. The van der Waals surface area contributed by atoms with Crippen molar-refractivity contribution in [3.63, 3.8) is 0 Å². The molecular formula is C21H31N3O3. The predicted octanol–water partition coefficient (Wildman–Crippen LogP) is 2.35. The number of carbonyl (C=O) groups excluding carboxylic acids is 2. The number of rotatable bonds is 4. The Kier molecular flexibility index (Phi) is 5.75. The number of amides is 2.